The SMILES string of the molecule is CCOCCNC(=O)CN1CCNCC1c1ccccc1OC.Cl. The van der Waals surface area contributed by atoms with Crippen LogP contribution in [-0.4, -0.2) is 63.9 Å². The fourth-order valence-electron chi connectivity index (χ4n) is 2.83. The minimum Gasteiger partial charge on any atom is -0.496 e. The molecule has 0 aliphatic carbocycles. The molecule has 1 heterocycles. The number of amides is 1. The number of carbonyl (C=O) groups excluding carboxylic acids is 1. The van der Waals surface area contributed by atoms with Crippen molar-refractivity contribution in [3.05, 3.63) is 29.8 Å². The molecule has 2 rings (SSSR count). The molecule has 0 saturated carbocycles. The predicted octanol–water partition coefficient (Wildman–Crippen LogP) is 1.22. The van der Waals surface area contributed by atoms with Crippen LogP contribution in [0, 0.1) is 0 Å². The molecule has 1 aliphatic rings. The van der Waals surface area contributed by atoms with Crippen LogP contribution in [0.25, 0.3) is 0 Å². The fraction of sp³-hybridized carbons (Fsp3) is 0.588. The third-order valence-corrected chi connectivity index (χ3v) is 3.97. The number of hydrogen-bond donors (Lipinski definition) is 2. The van der Waals surface area contributed by atoms with Crippen LogP contribution in [0.5, 0.6) is 5.75 Å². The Morgan fingerprint density at radius 1 is 1.42 bits per heavy atom. The predicted molar refractivity (Wildman–Crippen MR) is 96.9 cm³/mol. The van der Waals surface area contributed by atoms with Crippen molar-refractivity contribution >= 4 is 18.3 Å². The van der Waals surface area contributed by atoms with Crippen LogP contribution in [0.1, 0.15) is 18.5 Å². The first-order valence-electron chi connectivity index (χ1n) is 8.18. The van der Waals surface area contributed by atoms with Gasteiger partial charge in [0.25, 0.3) is 0 Å². The van der Waals surface area contributed by atoms with Crippen LogP contribution in [-0.2, 0) is 9.53 Å². The molecule has 0 aromatic heterocycles. The molecule has 1 aliphatic heterocycles. The molecular weight excluding hydrogens is 330 g/mol. The average Bonchev–Trinajstić information content (AvgIpc) is 2.59. The van der Waals surface area contributed by atoms with E-state index in [1.165, 1.54) is 0 Å². The first-order chi connectivity index (χ1) is 11.3. The smallest absolute Gasteiger partial charge is 0.234 e. The quantitative estimate of drug-likeness (QED) is 0.685. The van der Waals surface area contributed by atoms with Crippen molar-refractivity contribution < 1.29 is 14.3 Å². The molecule has 1 aromatic rings. The molecule has 1 amide bonds. The van der Waals surface area contributed by atoms with E-state index in [2.05, 4.69) is 21.6 Å². The van der Waals surface area contributed by atoms with Gasteiger partial charge in [-0.2, -0.15) is 0 Å². The summed E-state index contributed by atoms with van der Waals surface area (Å²) in [5.41, 5.74) is 1.12. The number of piperazine rings is 1. The van der Waals surface area contributed by atoms with E-state index in [9.17, 15) is 4.79 Å². The third-order valence-electron chi connectivity index (χ3n) is 3.97. The van der Waals surface area contributed by atoms with Crippen molar-refractivity contribution in [1.82, 2.24) is 15.5 Å². The molecule has 1 aromatic carbocycles. The molecule has 1 atom stereocenters. The van der Waals surface area contributed by atoms with E-state index >= 15 is 0 Å². The normalized spacial score (nSPS) is 17.8. The standard InChI is InChI=1S/C17H27N3O3.ClH/c1-3-23-11-9-19-17(21)13-20-10-8-18-12-15(20)14-6-4-5-7-16(14)22-2;/h4-7,15,18H,3,8-13H2,1-2H3,(H,19,21);1H. The molecular formula is C17H28ClN3O3. The summed E-state index contributed by atoms with van der Waals surface area (Å²) in [5.74, 6) is 0.898. The van der Waals surface area contributed by atoms with Gasteiger partial charge in [-0.15, -0.1) is 12.4 Å². The van der Waals surface area contributed by atoms with E-state index in [0.29, 0.717) is 26.3 Å². The lowest BCUT2D eigenvalue weighted by Gasteiger charge is -2.36. The lowest BCUT2D eigenvalue weighted by molar-refractivity contribution is -0.123. The first-order valence-corrected chi connectivity index (χ1v) is 8.18. The van der Waals surface area contributed by atoms with E-state index in [4.69, 9.17) is 9.47 Å². The zero-order valence-electron chi connectivity index (χ0n) is 14.4. The van der Waals surface area contributed by atoms with Gasteiger partial charge in [0.2, 0.25) is 5.91 Å². The minimum absolute atomic E-state index is 0. The van der Waals surface area contributed by atoms with Crippen molar-refractivity contribution in [2.45, 2.75) is 13.0 Å². The molecule has 1 fully saturated rings. The zero-order valence-corrected chi connectivity index (χ0v) is 15.2. The number of rotatable bonds is 8. The number of halogens is 1. The average molecular weight is 358 g/mol. The van der Waals surface area contributed by atoms with Gasteiger partial charge >= 0.3 is 0 Å². The zero-order chi connectivity index (χ0) is 16.5. The number of nitrogens with zero attached hydrogens (tertiary/aromatic N) is 1. The summed E-state index contributed by atoms with van der Waals surface area (Å²) < 4.78 is 10.7. The lowest BCUT2D eigenvalue weighted by Crippen LogP contribution is -2.49. The topological polar surface area (TPSA) is 62.8 Å². The van der Waals surface area contributed by atoms with E-state index in [1.54, 1.807) is 7.11 Å². The maximum absolute atomic E-state index is 12.1. The van der Waals surface area contributed by atoms with E-state index in [0.717, 1.165) is 30.9 Å². The van der Waals surface area contributed by atoms with Crippen molar-refractivity contribution in [2.24, 2.45) is 0 Å². The Morgan fingerprint density at radius 2 is 2.21 bits per heavy atom. The highest BCUT2D eigenvalue weighted by Gasteiger charge is 2.27. The third kappa shape index (κ3) is 5.94. The molecule has 2 N–H and O–H groups in total. The van der Waals surface area contributed by atoms with Gasteiger partial charge in [-0.3, -0.25) is 9.69 Å². The molecule has 0 spiro atoms. The number of ether oxygens (including phenoxy) is 2. The van der Waals surface area contributed by atoms with Crippen molar-refractivity contribution in [2.75, 3.05) is 53.0 Å². The summed E-state index contributed by atoms with van der Waals surface area (Å²) in [5, 5.41) is 6.31. The number of nitrogens with one attached hydrogen (secondary N) is 2. The van der Waals surface area contributed by atoms with Crippen LogP contribution in [0.3, 0.4) is 0 Å². The Morgan fingerprint density at radius 3 is 2.96 bits per heavy atom. The Kier molecular flexibility index (Phi) is 9.71. The minimum atomic E-state index is 0. The largest absolute Gasteiger partial charge is 0.496 e. The second-order valence-corrected chi connectivity index (χ2v) is 5.48. The summed E-state index contributed by atoms with van der Waals surface area (Å²) >= 11 is 0. The molecule has 24 heavy (non-hydrogen) atoms. The fourth-order valence-corrected chi connectivity index (χ4v) is 2.83. The van der Waals surface area contributed by atoms with Crippen LogP contribution in [0.4, 0.5) is 0 Å². The monoisotopic (exact) mass is 357 g/mol. The molecule has 1 unspecified atom stereocenters. The summed E-state index contributed by atoms with van der Waals surface area (Å²) in [6.45, 7) is 6.64. The second kappa shape index (κ2) is 11.3. The van der Waals surface area contributed by atoms with Crippen molar-refractivity contribution in [3.8, 4) is 5.75 Å². The summed E-state index contributed by atoms with van der Waals surface area (Å²) in [6, 6.07) is 8.13. The van der Waals surface area contributed by atoms with Gasteiger partial charge < -0.3 is 20.1 Å². The summed E-state index contributed by atoms with van der Waals surface area (Å²) in [6.07, 6.45) is 0. The molecule has 0 bridgehead atoms. The van der Waals surface area contributed by atoms with Gasteiger partial charge in [0.05, 0.1) is 26.3 Å². The van der Waals surface area contributed by atoms with Crippen LogP contribution in [0.15, 0.2) is 24.3 Å². The van der Waals surface area contributed by atoms with Gasteiger partial charge in [-0.25, -0.2) is 0 Å². The second-order valence-electron chi connectivity index (χ2n) is 5.48. The highest BCUT2D eigenvalue weighted by atomic mass is 35.5. The molecule has 6 nitrogen and oxygen atoms in total. The first kappa shape index (κ1) is 20.7. The Labute approximate surface area is 150 Å². The Hall–Kier alpha value is -1.34. The van der Waals surface area contributed by atoms with Crippen LogP contribution in [0.2, 0.25) is 0 Å². The van der Waals surface area contributed by atoms with Gasteiger partial charge in [-0.1, -0.05) is 18.2 Å². The van der Waals surface area contributed by atoms with E-state index in [1.807, 2.05) is 25.1 Å². The van der Waals surface area contributed by atoms with Crippen LogP contribution < -0.4 is 15.4 Å². The maximum atomic E-state index is 12.1. The number of para-hydroxylation sites is 1. The number of benzene rings is 1. The van der Waals surface area contributed by atoms with E-state index < -0.39 is 0 Å². The maximum Gasteiger partial charge on any atom is 0.234 e. The highest BCUT2D eigenvalue weighted by Crippen LogP contribution is 2.29. The molecule has 1 saturated heterocycles. The highest BCUT2D eigenvalue weighted by molar-refractivity contribution is 5.85. The van der Waals surface area contributed by atoms with Gasteiger partial charge in [0, 0.05) is 38.3 Å². The van der Waals surface area contributed by atoms with Crippen LogP contribution >= 0.6 is 12.4 Å². The lowest BCUT2D eigenvalue weighted by atomic mass is 10.0. The molecule has 0 radical (unpaired) electrons. The number of hydrogen-bond acceptors (Lipinski definition) is 5. The molecule has 136 valence electrons. The molecule has 7 heteroatoms. The summed E-state index contributed by atoms with van der Waals surface area (Å²) in [4.78, 5) is 14.3. The van der Waals surface area contributed by atoms with Gasteiger partial charge in [0.15, 0.2) is 0 Å². The van der Waals surface area contributed by atoms with E-state index in [-0.39, 0.29) is 24.4 Å². The number of methoxy groups -OCH3 is 1. The van der Waals surface area contributed by atoms with Crippen molar-refractivity contribution in [1.29, 1.82) is 0 Å². The number of carbonyl (C=O) groups is 1. The van der Waals surface area contributed by atoms with Gasteiger partial charge in [0.1, 0.15) is 5.75 Å². The van der Waals surface area contributed by atoms with Crippen molar-refractivity contribution in [3.63, 3.8) is 0 Å². The Bertz CT molecular complexity index is 502. The Balaban J connectivity index is 0.00000288. The van der Waals surface area contributed by atoms with Gasteiger partial charge in [-0.05, 0) is 13.0 Å². The summed E-state index contributed by atoms with van der Waals surface area (Å²) in [7, 11) is 1.68.